The fourth-order valence-corrected chi connectivity index (χ4v) is 3.46. The number of fused-ring (bicyclic) bond motifs is 1. The van der Waals surface area contributed by atoms with E-state index in [1.165, 1.54) is 18.6 Å². The van der Waals surface area contributed by atoms with Crippen LogP contribution in [-0.2, 0) is 6.54 Å². The lowest BCUT2D eigenvalue weighted by Gasteiger charge is -2.25. The van der Waals surface area contributed by atoms with Gasteiger partial charge < -0.3 is 19.4 Å². The van der Waals surface area contributed by atoms with Gasteiger partial charge >= 0.3 is 6.18 Å². The van der Waals surface area contributed by atoms with Gasteiger partial charge in [-0.2, -0.15) is 13.2 Å². The topological polar surface area (TPSA) is 110 Å². The Morgan fingerprint density at radius 2 is 2.12 bits per heavy atom. The minimum Gasteiger partial charge on any atom is -0.468 e. The van der Waals surface area contributed by atoms with Crippen molar-refractivity contribution in [3.05, 3.63) is 65.1 Å². The van der Waals surface area contributed by atoms with Crippen LogP contribution in [0.2, 0.25) is 0 Å². The Hall–Kier alpha value is -3.96. The summed E-state index contributed by atoms with van der Waals surface area (Å²) in [4.78, 5) is 38.7. The summed E-state index contributed by atoms with van der Waals surface area (Å²) in [6, 6.07) is 2.74. The van der Waals surface area contributed by atoms with Gasteiger partial charge in [-0.25, -0.2) is 15.0 Å². The smallest absolute Gasteiger partial charge is 0.422 e. The number of carbonyl (C=O) groups is 2. The van der Waals surface area contributed by atoms with Crippen LogP contribution in [0.25, 0.3) is 0 Å². The van der Waals surface area contributed by atoms with Crippen LogP contribution in [0.5, 0.6) is 5.88 Å². The van der Waals surface area contributed by atoms with Crippen molar-refractivity contribution in [2.24, 2.45) is 0 Å². The number of hydrogen-bond acceptors (Lipinski definition) is 7. The molecule has 2 amide bonds. The van der Waals surface area contributed by atoms with Crippen molar-refractivity contribution < 1.29 is 31.9 Å². The first-order valence-electron chi connectivity index (χ1n) is 9.79. The number of alkyl halides is 3. The first-order valence-corrected chi connectivity index (χ1v) is 9.79. The van der Waals surface area contributed by atoms with Gasteiger partial charge in [-0.1, -0.05) is 0 Å². The van der Waals surface area contributed by atoms with Gasteiger partial charge in [0.15, 0.2) is 13.0 Å². The van der Waals surface area contributed by atoms with Crippen LogP contribution in [0.15, 0.2) is 41.5 Å². The zero-order valence-corrected chi connectivity index (χ0v) is 17.5. The second kappa shape index (κ2) is 8.52. The van der Waals surface area contributed by atoms with Crippen LogP contribution in [0.3, 0.4) is 0 Å². The van der Waals surface area contributed by atoms with Gasteiger partial charge in [-0.05, 0) is 31.5 Å². The van der Waals surface area contributed by atoms with Gasteiger partial charge in [-0.3, -0.25) is 9.59 Å². The second-order valence-electron chi connectivity index (χ2n) is 7.41. The van der Waals surface area contributed by atoms with Crippen molar-refractivity contribution in [2.75, 3.05) is 11.9 Å². The summed E-state index contributed by atoms with van der Waals surface area (Å²) in [6.45, 7) is 2.08. The lowest BCUT2D eigenvalue weighted by molar-refractivity contribution is -0.154. The van der Waals surface area contributed by atoms with E-state index in [0.717, 1.165) is 6.39 Å². The lowest BCUT2D eigenvalue weighted by atomic mass is 10.1. The number of carbonyl (C=O) groups excluding carboxylic acids is 2. The predicted molar refractivity (Wildman–Crippen MR) is 108 cm³/mol. The third kappa shape index (κ3) is 4.64. The van der Waals surface area contributed by atoms with E-state index < -0.39 is 24.7 Å². The molecule has 0 aromatic carbocycles. The Balaban J connectivity index is 1.52. The van der Waals surface area contributed by atoms with Crippen LogP contribution in [-0.4, -0.2) is 44.4 Å². The van der Waals surface area contributed by atoms with Crippen LogP contribution >= 0.6 is 0 Å². The standard InChI is InChI=1S/C21H18F3N5O4/c1-11-5-13(6-27-19(11)32-9-21(22,23)24)12(2)29-8-15-14(20(29)31)3-4-26-17(15)28-18(30)16-7-25-10-33-16/h3-7,10,12H,8-9H2,1-2H3,(H,26,28,30). The molecule has 0 aliphatic carbocycles. The largest absolute Gasteiger partial charge is 0.468 e. The van der Waals surface area contributed by atoms with Crippen LogP contribution in [0, 0.1) is 6.92 Å². The maximum atomic E-state index is 13.0. The number of nitrogens with one attached hydrogen (secondary N) is 1. The summed E-state index contributed by atoms with van der Waals surface area (Å²) < 4.78 is 47.0. The normalized spacial score (nSPS) is 14.2. The Morgan fingerprint density at radius 1 is 1.33 bits per heavy atom. The van der Waals surface area contributed by atoms with E-state index in [1.54, 1.807) is 30.9 Å². The molecule has 9 nitrogen and oxygen atoms in total. The first kappa shape index (κ1) is 22.2. The number of halogens is 3. The van der Waals surface area contributed by atoms with Crippen molar-refractivity contribution in [3.8, 4) is 5.88 Å². The molecule has 0 bridgehead atoms. The fourth-order valence-electron chi connectivity index (χ4n) is 3.46. The minimum atomic E-state index is -4.47. The average molecular weight is 461 g/mol. The predicted octanol–water partition coefficient (Wildman–Crippen LogP) is 3.68. The molecule has 0 spiro atoms. The van der Waals surface area contributed by atoms with Gasteiger partial charge in [0.25, 0.3) is 11.8 Å². The maximum Gasteiger partial charge on any atom is 0.422 e. The number of aromatic nitrogens is 3. The van der Waals surface area contributed by atoms with Crippen LogP contribution in [0.1, 0.15) is 50.6 Å². The van der Waals surface area contributed by atoms with Crippen molar-refractivity contribution in [3.63, 3.8) is 0 Å². The molecule has 1 N–H and O–H groups in total. The molecule has 4 heterocycles. The van der Waals surface area contributed by atoms with E-state index in [9.17, 15) is 22.8 Å². The molecule has 172 valence electrons. The summed E-state index contributed by atoms with van der Waals surface area (Å²) >= 11 is 0. The van der Waals surface area contributed by atoms with E-state index in [2.05, 4.69) is 20.3 Å². The summed E-state index contributed by atoms with van der Waals surface area (Å²) in [5.41, 5.74) is 1.96. The zero-order chi connectivity index (χ0) is 23.8. The quantitative estimate of drug-likeness (QED) is 0.596. The molecule has 1 atom stereocenters. The molecule has 1 aliphatic heterocycles. The number of oxazole rings is 1. The molecule has 0 radical (unpaired) electrons. The molecule has 1 aliphatic rings. The minimum absolute atomic E-state index is 0.00154. The van der Waals surface area contributed by atoms with Gasteiger partial charge in [0.2, 0.25) is 11.6 Å². The number of rotatable bonds is 6. The molecule has 33 heavy (non-hydrogen) atoms. The van der Waals surface area contributed by atoms with E-state index in [1.807, 2.05) is 0 Å². The second-order valence-corrected chi connectivity index (χ2v) is 7.41. The zero-order valence-electron chi connectivity index (χ0n) is 17.5. The lowest BCUT2D eigenvalue weighted by Crippen LogP contribution is -2.27. The van der Waals surface area contributed by atoms with E-state index >= 15 is 0 Å². The maximum absolute atomic E-state index is 13.0. The number of pyridine rings is 2. The van der Waals surface area contributed by atoms with E-state index in [0.29, 0.717) is 22.3 Å². The number of amides is 2. The molecule has 0 saturated heterocycles. The van der Waals surface area contributed by atoms with Gasteiger partial charge in [0.05, 0.1) is 18.8 Å². The van der Waals surface area contributed by atoms with E-state index in [4.69, 9.17) is 9.15 Å². The van der Waals surface area contributed by atoms with Crippen LogP contribution in [0.4, 0.5) is 19.0 Å². The monoisotopic (exact) mass is 461 g/mol. The number of ether oxygens (including phenoxy) is 1. The molecule has 0 fully saturated rings. The molecular weight excluding hydrogens is 443 g/mol. The van der Waals surface area contributed by atoms with Crippen LogP contribution < -0.4 is 10.1 Å². The van der Waals surface area contributed by atoms with Gasteiger partial charge in [0.1, 0.15) is 5.82 Å². The molecular formula is C21H18F3N5O4. The van der Waals surface area contributed by atoms with Gasteiger partial charge in [-0.15, -0.1) is 0 Å². The Bertz CT molecular complexity index is 1200. The summed E-state index contributed by atoms with van der Waals surface area (Å²) in [6.07, 6.45) is 0.710. The molecule has 3 aromatic rings. The van der Waals surface area contributed by atoms with Crippen molar-refractivity contribution in [2.45, 2.75) is 32.6 Å². The highest BCUT2D eigenvalue weighted by Gasteiger charge is 2.34. The van der Waals surface area contributed by atoms with E-state index in [-0.39, 0.29) is 29.9 Å². The van der Waals surface area contributed by atoms with Crippen molar-refractivity contribution >= 4 is 17.6 Å². The highest BCUT2D eigenvalue weighted by Crippen LogP contribution is 2.35. The highest BCUT2D eigenvalue weighted by molar-refractivity contribution is 6.05. The molecule has 0 saturated carbocycles. The number of aryl methyl sites for hydroxylation is 1. The SMILES string of the molecule is Cc1cc(C(C)N2Cc3c(ccnc3NC(=O)c3cnco3)C2=O)cnc1OCC(F)(F)F. The number of nitrogens with zero attached hydrogens (tertiary/aromatic N) is 4. The Morgan fingerprint density at radius 3 is 2.79 bits per heavy atom. The molecule has 3 aromatic heterocycles. The fraction of sp³-hybridized carbons (Fsp3) is 0.286. The third-order valence-corrected chi connectivity index (χ3v) is 5.14. The molecule has 1 unspecified atom stereocenters. The molecule has 4 rings (SSSR count). The highest BCUT2D eigenvalue weighted by atomic mass is 19.4. The van der Waals surface area contributed by atoms with Crippen molar-refractivity contribution in [1.82, 2.24) is 19.9 Å². The Labute approximate surface area is 185 Å². The number of hydrogen-bond donors (Lipinski definition) is 1. The summed E-state index contributed by atoms with van der Waals surface area (Å²) in [5.74, 6) is -0.729. The van der Waals surface area contributed by atoms with Gasteiger partial charge in [0, 0.05) is 29.1 Å². The molecule has 12 heteroatoms. The number of anilines is 1. The van der Waals surface area contributed by atoms with Crippen molar-refractivity contribution in [1.29, 1.82) is 0 Å². The summed E-state index contributed by atoms with van der Waals surface area (Å²) in [5, 5.41) is 2.62. The third-order valence-electron chi connectivity index (χ3n) is 5.14. The first-order chi connectivity index (χ1) is 15.6. The Kier molecular flexibility index (Phi) is 5.75. The average Bonchev–Trinajstić information content (AvgIpc) is 3.41. The summed E-state index contributed by atoms with van der Waals surface area (Å²) in [7, 11) is 0.